The van der Waals surface area contributed by atoms with Crippen molar-refractivity contribution in [2.45, 2.75) is 26.8 Å². The van der Waals surface area contributed by atoms with Crippen molar-refractivity contribution in [1.82, 2.24) is 14.9 Å². The van der Waals surface area contributed by atoms with E-state index in [0.717, 1.165) is 27.9 Å². The highest BCUT2D eigenvalue weighted by Crippen LogP contribution is 2.18. The second-order valence-corrected chi connectivity index (χ2v) is 7.45. The molecule has 1 heterocycles. The van der Waals surface area contributed by atoms with Gasteiger partial charge in [-0.2, -0.15) is 0 Å². The average Bonchev–Trinajstić information content (AvgIpc) is 2.92. The molecule has 5 heteroatoms. The molecule has 0 bridgehead atoms. The van der Waals surface area contributed by atoms with Crippen LogP contribution in [-0.4, -0.2) is 22.0 Å². The Labute approximate surface area is 156 Å². The molecule has 1 amide bonds. The molecule has 0 atom stereocenters. The Morgan fingerprint density at radius 1 is 1.20 bits per heavy atom. The van der Waals surface area contributed by atoms with E-state index in [-0.39, 0.29) is 5.91 Å². The minimum atomic E-state index is -0.0622. The molecular formula is C20H22BrN3O. The first kappa shape index (κ1) is 17.7. The first-order valence-electron chi connectivity index (χ1n) is 8.52. The van der Waals surface area contributed by atoms with Gasteiger partial charge in [0, 0.05) is 29.5 Å². The van der Waals surface area contributed by atoms with E-state index in [4.69, 9.17) is 4.98 Å². The van der Waals surface area contributed by atoms with E-state index in [1.165, 1.54) is 0 Å². The standard InChI is InChI=1S/C20H22BrN3O/c1-14(2)13-24-18-9-4-3-8-17(18)23-19(24)10-11-22-20(25)15-6-5-7-16(21)12-15/h3-9,12,14H,10-11,13H2,1-2H3,(H,22,25). The fourth-order valence-corrected chi connectivity index (χ4v) is 3.30. The molecule has 0 saturated carbocycles. The minimum absolute atomic E-state index is 0.0622. The van der Waals surface area contributed by atoms with E-state index in [1.54, 1.807) is 0 Å². The molecule has 0 saturated heterocycles. The number of carbonyl (C=O) groups excluding carboxylic acids is 1. The molecule has 4 nitrogen and oxygen atoms in total. The van der Waals surface area contributed by atoms with E-state index in [2.05, 4.69) is 45.7 Å². The van der Waals surface area contributed by atoms with E-state index in [1.807, 2.05) is 42.5 Å². The molecule has 0 aliphatic rings. The van der Waals surface area contributed by atoms with Gasteiger partial charge in [0.1, 0.15) is 5.82 Å². The Bertz CT molecular complexity index is 886. The summed E-state index contributed by atoms with van der Waals surface area (Å²) in [6.45, 7) is 5.89. The van der Waals surface area contributed by atoms with Gasteiger partial charge in [-0.25, -0.2) is 4.98 Å². The predicted octanol–water partition coefficient (Wildman–Crippen LogP) is 4.43. The van der Waals surface area contributed by atoms with Gasteiger partial charge in [0.25, 0.3) is 5.91 Å². The molecule has 0 fully saturated rings. The fraction of sp³-hybridized carbons (Fsp3) is 0.300. The molecule has 0 unspecified atom stereocenters. The highest BCUT2D eigenvalue weighted by molar-refractivity contribution is 9.10. The summed E-state index contributed by atoms with van der Waals surface area (Å²) in [7, 11) is 0. The van der Waals surface area contributed by atoms with Crippen molar-refractivity contribution in [3.8, 4) is 0 Å². The van der Waals surface area contributed by atoms with E-state index < -0.39 is 0 Å². The van der Waals surface area contributed by atoms with Crippen LogP contribution in [0.3, 0.4) is 0 Å². The topological polar surface area (TPSA) is 46.9 Å². The van der Waals surface area contributed by atoms with Gasteiger partial charge in [-0.15, -0.1) is 0 Å². The number of nitrogens with one attached hydrogen (secondary N) is 1. The molecule has 0 spiro atoms. The molecule has 25 heavy (non-hydrogen) atoms. The maximum absolute atomic E-state index is 12.3. The summed E-state index contributed by atoms with van der Waals surface area (Å²) in [4.78, 5) is 17.0. The molecule has 0 radical (unpaired) electrons. The number of benzene rings is 2. The van der Waals surface area contributed by atoms with Gasteiger partial charge in [-0.3, -0.25) is 4.79 Å². The molecular weight excluding hydrogens is 378 g/mol. The Hall–Kier alpha value is -2.14. The molecule has 130 valence electrons. The number of aromatic nitrogens is 2. The number of amides is 1. The van der Waals surface area contributed by atoms with Gasteiger partial charge in [-0.1, -0.05) is 48.0 Å². The van der Waals surface area contributed by atoms with Crippen LogP contribution in [0.2, 0.25) is 0 Å². The maximum Gasteiger partial charge on any atom is 0.251 e. The highest BCUT2D eigenvalue weighted by atomic mass is 79.9. The van der Waals surface area contributed by atoms with Gasteiger partial charge in [0.2, 0.25) is 0 Å². The third-order valence-electron chi connectivity index (χ3n) is 4.00. The number of para-hydroxylation sites is 2. The third kappa shape index (κ3) is 4.28. The summed E-state index contributed by atoms with van der Waals surface area (Å²) in [5.74, 6) is 1.49. The number of halogens is 1. The first-order valence-corrected chi connectivity index (χ1v) is 9.32. The number of hydrogen-bond acceptors (Lipinski definition) is 2. The lowest BCUT2D eigenvalue weighted by Crippen LogP contribution is -2.26. The number of imidazole rings is 1. The van der Waals surface area contributed by atoms with Gasteiger partial charge in [0.15, 0.2) is 0 Å². The Kier molecular flexibility index (Phi) is 5.53. The quantitative estimate of drug-likeness (QED) is 0.666. The molecule has 3 rings (SSSR count). The summed E-state index contributed by atoms with van der Waals surface area (Å²) in [6.07, 6.45) is 0.709. The van der Waals surface area contributed by atoms with Crippen LogP contribution in [0.1, 0.15) is 30.0 Å². The maximum atomic E-state index is 12.3. The zero-order valence-electron chi connectivity index (χ0n) is 14.5. The van der Waals surface area contributed by atoms with Crippen LogP contribution in [0, 0.1) is 5.92 Å². The summed E-state index contributed by atoms with van der Waals surface area (Å²) in [6, 6.07) is 15.6. The normalized spacial score (nSPS) is 11.2. The lowest BCUT2D eigenvalue weighted by atomic mass is 10.2. The lowest BCUT2D eigenvalue weighted by molar-refractivity contribution is 0.0954. The second-order valence-electron chi connectivity index (χ2n) is 6.54. The van der Waals surface area contributed by atoms with Crippen LogP contribution in [-0.2, 0) is 13.0 Å². The van der Waals surface area contributed by atoms with Crippen LogP contribution in [0.15, 0.2) is 53.0 Å². The average molecular weight is 400 g/mol. The number of fused-ring (bicyclic) bond motifs is 1. The highest BCUT2D eigenvalue weighted by Gasteiger charge is 2.12. The van der Waals surface area contributed by atoms with Crippen LogP contribution in [0.25, 0.3) is 11.0 Å². The van der Waals surface area contributed by atoms with Crippen LogP contribution >= 0.6 is 15.9 Å². The van der Waals surface area contributed by atoms with E-state index >= 15 is 0 Å². The molecule has 3 aromatic rings. The summed E-state index contributed by atoms with van der Waals surface area (Å²) in [5, 5.41) is 2.99. The van der Waals surface area contributed by atoms with Gasteiger partial charge >= 0.3 is 0 Å². The van der Waals surface area contributed by atoms with Crippen molar-refractivity contribution in [2.75, 3.05) is 6.54 Å². The molecule has 1 aromatic heterocycles. The first-order chi connectivity index (χ1) is 12.0. The van der Waals surface area contributed by atoms with Crippen molar-refractivity contribution >= 4 is 32.9 Å². The van der Waals surface area contributed by atoms with Crippen molar-refractivity contribution in [3.05, 3.63) is 64.4 Å². The largest absolute Gasteiger partial charge is 0.352 e. The van der Waals surface area contributed by atoms with Crippen LogP contribution in [0.4, 0.5) is 0 Å². The molecule has 0 aliphatic carbocycles. The third-order valence-corrected chi connectivity index (χ3v) is 4.50. The summed E-state index contributed by atoms with van der Waals surface area (Å²) < 4.78 is 3.17. The Morgan fingerprint density at radius 3 is 2.76 bits per heavy atom. The monoisotopic (exact) mass is 399 g/mol. The summed E-state index contributed by atoms with van der Waals surface area (Å²) >= 11 is 3.39. The summed E-state index contributed by atoms with van der Waals surface area (Å²) in [5.41, 5.74) is 2.83. The van der Waals surface area contributed by atoms with Gasteiger partial charge < -0.3 is 9.88 Å². The Morgan fingerprint density at radius 2 is 2.00 bits per heavy atom. The molecule has 0 aliphatic heterocycles. The zero-order chi connectivity index (χ0) is 17.8. The fourth-order valence-electron chi connectivity index (χ4n) is 2.90. The smallest absolute Gasteiger partial charge is 0.251 e. The second kappa shape index (κ2) is 7.83. The number of hydrogen-bond donors (Lipinski definition) is 1. The van der Waals surface area contributed by atoms with Gasteiger partial charge in [0.05, 0.1) is 11.0 Å². The van der Waals surface area contributed by atoms with Gasteiger partial charge in [-0.05, 0) is 36.2 Å². The molecule has 2 aromatic carbocycles. The van der Waals surface area contributed by atoms with Crippen LogP contribution in [0.5, 0.6) is 0 Å². The molecule has 1 N–H and O–H groups in total. The number of rotatable bonds is 6. The Balaban J connectivity index is 1.71. The minimum Gasteiger partial charge on any atom is -0.352 e. The van der Waals surface area contributed by atoms with E-state index in [9.17, 15) is 4.79 Å². The SMILES string of the molecule is CC(C)Cn1c(CCNC(=O)c2cccc(Br)c2)nc2ccccc21. The van der Waals surface area contributed by atoms with Crippen molar-refractivity contribution in [2.24, 2.45) is 5.92 Å². The predicted molar refractivity (Wildman–Crippen MR) is 105 cm³/mol. The lowest BCUT2D eigenvalue weighted by Gasteiger charge is -2.12. The van der Waals surface area contributed by atoms with Crippen molar-refractivity contribution in [1.29, 1.82) is 0 Å². The van der Waals surface area contributed by atoms with Crippen molar-refractivity contribution < 1.29 is 4.79 Å². The number of carbonyl (C=O) groups is 1. The van der Waals surface area contributed by atoms with E-state index in [0.29, 0.717) is 24.4 Å². The van der Waals surface area contributed by atoms with Crippen molar-refractivity contribution in [3.63, 3.8) is 0 Å². The van der Waals surface area contributed by atoms with Crippen LogP contribution < -0.4 is 5.32 Å². The zero-order valence-corrected chi connectivity index (χ0v) is 16.1. The number of nitrogens with zero attached hydrogens (tertiary/aromatic N) is 2.